The number of benzene rings is 1. The highest BCUT2D eigenvalue weighted by atomic mass is 35.5. The molecule has 0 bridgehead atoms. The van der Waals surface area contributed by atoms with Crippen LogP contribution < -0.4 is 15.3 Å². The lowest BCUT2D eigenvalue weighted by molar-refractivity contribution is 0.0289. The van der Waals surface area contributed by atoms with E-state index in [-0.39, 0.29) is 30.2 Å². The number of morpholine rings is 1. The summed E-state index contributed by atoms with van der Waals surface area (Å²) in [5, 5.41) is 2.24. The molecule has 1 aliphatic carbocycles. The van der Waals surface area contributed by atoms with Gasteiger partial charge in [0.25, 0.3) is 0 Å². The van der Waals surface area contributed by atoms with Crippen LogP contribution in [-0.4, -0.2) is 103 Å². The van der Waals surface area contributed by atoms with E-state index in [9.17, 15) is 4.79 Å². The molecule has 1 N–H and O–H groups in total. The number of fused-ring (bicyclic) bond motifs is 3. The van der Waals surface area contributed by atoms with Crippen molar-refractivity contribution >= 4 is 29.8 Å². The molecule has 0 saturated carbocycles. The second-order valence-electron chi connectivity index (χ2n) is 11.5. The Labute approximate surface area is 253 Å². The third kappa shape index (κ3) is 6.65. The van der Waals surface area contributed by atoms with E-state index in [0.29, 0.717) is 6.54 Å². The molecule has 2 atom stereocenters. The lowest BCUT2D eigenvalue weighted by atomic mass is 9.92. The zero-order chi connectivity index (χ0) is 28.9. The van der Waals surface area contributed by atoms with Crippen molar-refractivity contribution in [3.05, 3.63) is 51.7 Å². The van der Waals surface area contributed by atoms with Crippen LogP contribution in [0, 0.1) is 11.8 Å². The van der Waals surface area contributed by atoms with Gasteiger partial charge in [0.05, 0.1) is 18.6 Å². The molecule has 1 unspecified atom stereocenters. The molecular weight excluding hydrogens is 552 g/mol. The van der Waals surface area contributed by atoms with Crippen molar-refractivity contribution in [3.63, 3.8) is 0 Å². The summed E-state index contributed by atoms with van der Waals surface area (Å²) >= 11 is 6.48. The number of halogens is 1. The summed E-state index contributed by atoms with van der Waals surface area (Å²) < 4.78 is 17.4. The number of H-pyrrole nitrogens is 1. The fraction of sp³-hybridized carbons (Fsp3) is 0.545. The Morgan fingerprint density at radius 2 is 1.81 bits per heavy atom. The summed E-state index contributed by atoms with van der Waals surface area (Å²) in [4.78, 5) is 23.7. The molecule has 3 aliphatic heterocycles. The maximum absolute atomic E-state index is 13.2. The Morgan fingerprint density at radius 1 is 1.07 bits per heavy atom. The standard InChI is InChI=1S/C33H41ClN4O4/c1-2-3-20-41-33(39)38-15-12-28-29-23-25(34)6-9-30(29)35-31(28)32(38)24-4-7-26(8-5-24)42-27-10-13-36(14-11-27)16-17-37-18-21-40-22-19-37/h4-5,7-9,23,25,27,32,35H,6,10-22H2,1H3/t25?,32-/m0/s1. The number of hydrogen-bond acceptors (Lipinski definition) is 6. The first-order valence-electron chi connectivity index (χ1n) is 15.3. The van der Waals surface area contributed by atoms with Crippen LogP contribution in [0.2, 0.25) is 0 Å². The molecule has 8 nitrogen and oxygen atoms in total. The monoisotopic (exact) mass is 592 g/mol. The van der Waals surface area contributed by atoms with Gasteiger partial charge in [-0.1, -0.05) is 30.2 Å². The van der Waals surface area contributed by atoms with E-state index in [1.807, 2.05) is 17.0 Å². The lowest BCUT2D eigenvalue weighted by Crippen LogP contribution is -2.44. The maximum Gasteiger partial charge on any atom is 0.411 e. The molecule has 6 rings (SSSR count). The number of piperidine rings is 1. The molecule has 224 valence electrons. The summed E-state index contributed by atoms with van der Waals surface area (Å²) in [5.41, 5.74) is 3.27. The second-order valence-corrected chi connectivity index (χ2v) is 12.0. The van der Waals surface area contributed by atoms with Crippen LogP contribution in [0.4, 0.5) is 4.79 Å². The zero-order valence-corrected chi connectivity index (χ0v) is 25.2. The Bertz CT molecular complexity index is 1410. The number of likely N-dealkylation sites (tertiary alicyclic amines) is 1. The highest BCUT2D eigenvalue weighted by Gasteiger charge is 2.35. The number of amides is 1. The number of aromatic amines is 1. The minimum absolute atomic E-state index is 0.0143. The van der Waals surface area contributed by atoms with Gasteiger partial charge in [0.1, 0.15) is 17.9 Å². The SMILES string of the molecule is CC#CCOC(=O)N1CCc2c([nH]c3c2=CC(Cl)CC=3)[C@@H]1c1ccc(OC2CCN(CCN3CCOCC3)CC2)cc1. The number of nitrogens with one attached hydrogen (secondary N) is 1. The van der Waals surface area contributed by atoms with Gasteiger partial charge in [-0.15, -0.1) is 17.5 Å². The van der Waals surface area contributed by atoms with Crippen molar-refractivity contribution in [1.29, 1.82) is 0 Å². The minimum Gasteiger partial charge on any atom is -0.490 e. The van der Waals surface area contributed by atoms with Crippen molar-refractivity contribution in [2.45, 2.75) is 50.1 Å². The van der Waals surface area contributed by atoms with Crippen molar-refractivity contribution in [1.82, 2.24) is 19.7 Å². The summed E-state index contributed by atoms with van der Waals surface area (Å²) in [5.74, 6) is 6.48. The van der Waals surface area contributed by atoms with Gasteiger partial charge >= 0.3 is 6.09 Å². The van der Waals surface area contributed by atoms with Crippen LogP contribution >= 0.6 is 11.6 Å². The number of ether oxygens (including phenoxy) is 3. The predicted octanol–water partition coefficient (Wildman–Crippen LogP) is 2.87. The number of carbonyl (C=O) groups excluding carboxylic acids is 1. The van der Waals surface area contributed by atoms with Crippen LogP contribution in [0.3, 0.4) is 0 Å². The van der Waals surface area contributed by atoms with Crippen LogP contribution in [-0.2, 0) is 15.9 Å². The first-order chi connectivity index (χ1) is 20.6. The number of hydrogen-bond donors (Lipinski definition) is 1. The Balaban J connectivity index is 1.13. The summed E-state index contributed by atoms with van der Waals surface area (Å²) in [7, 11) is 0. The van der Waals surface area contributed by atoms with Gasteiger partial charge in [0, 0.05) is 62.1 Å². The van der Waals surface area contributed by atoms with Crippen molar-refractivity contribution in [2.75, 3.05) is 65.6 Å². The van der Waals surface area contributed by atoms with Gasteiger partial charge in [-0.3, -0.25) is 9.80 Å². The molecule has 1 aromatic carbocycles. The quantitative estimate of drug-likeness (QED) is 0.394. The molecule has 1 amide bonds. The number of aromatic nitrogens is 1. The largest absolute Gasteiger partial charge is 0.490 e. The fourth-order valence-corrected chi connectivity index (χ4v) is 6.74. The van der Waals surface area contributed by atoms with Crippen molar-refractivity contribution < 1.29 is 19.0 Å². The summed E-state index contributed by atoms with van der Waals surface area (Å²) in [6, 6.07) is 7.94. The van der Waals surface area contributed by atoms with Crippen molar-refractivity contribution in [3.8, 4) is 17.6 Å². The average molecular weight is 593 g/mol. The number of rotatable bonds is 7. The minimum atomic E-state index is -0.357. The van der Waals surface area contributed by atoms with Gasteiger partial charge in [0.15, 0.2) is 6.61 Å². The van der Waals surface area contributed by atoms with Gasteiger partial charge in [-0.2, -0.15) is 0 Å². The van der Waals surface area contributed by atoms with E-state index in [1.165, 1.54) is 10.8 Å². The van der Waals surface area contributed by atoms with Gasteiger partial charge in [0.2, 0.25) is 0 Å². The lowest BCUT2D eigenvalue weighted by Gasteiger charge is -2.35. The molecule has 4 aliphatic rings. The topological polar surface area (TPSA) is 70.3 Å². The zero-order valence-electron chi connectivity index (χ0n) is 24.4. The molecule has 2 fully saturated rings. The van der Waals surface area contributed by atoms with Gasteiger partial charge in [-0.05, 0) is 55.9 Å². The first kappa shape index (κ1) is 29.1. The van der Waals surface area contributed by atoms with E-state index in [1.54, 1.807) is 6.92 Å². The predicted molar refractivity (Wildman–Crippen MR) is 164 cm³/mol. The first-order valence-corrected chi connectivity index (χ1v) is 15.7. The Morgan fingerprint density at radius 3 is 2.55 bits per heavy atom. The molecule has 4 heterocycles. The second kappa shape index (κ2) is 13.6. The molecule has 0 spiro atoms. The fourth-order valence-electron chi connectivity index (χ4n) is 6.52. The van der Waals surface area contributed by atoms with Crippen molar-refractivity contribution in [2.24, 2.45) is 0 Å². The average Bonchev–Trinajstić information content (AvgIpc) is 3.39. The molecule has 42 heavy (non-hydrogen) atoms. The highest BCUT2D eigenvalue weighted by molar-refractivity contribution is 6.24. The third-order valence-corrected chi connectivity index (χ3v) is 9.14. The van der Waals surface area contributed by atoms with E-state index in [4.69, 9.17) is 25.8 Å². The van der Waals surface area contributed by atoms with Crippen LogP contribution in [0.1, 0.15) is 49.0 Å². The van der Waals surface area contributed by atoms with E-state index in [2.05, 4.69) is 50.9 Å². The van der Waals surface area contributed by atoms with E-state index in [0.717, 1.165) is 101 Å². The maximum atomic E-state index is 13.2. The van der Waals surface area contributed by atoms with Crippen LogP contribution in [0.25, 0.3) is 12.2 Å². The molecule has 2 saturated heterocycles. The Hall–Kier alpha value is -2.96. The van der Waals surface area contributed by atoms with Crippen LogP contribution in [0.5, 0.6) is 5.75 Å². The third-order valence-electron chi connectivity index (χ3n) is 8.84. The van der Waals surface area contributed by atoms with Gasteiger partial charge in [-0.25, -0.2) is 4.79 Å². The molecule has 2 aromatic rings. The van der Waals surface area contributed by atoms with Gasteiger partial charge < -0.3 is 24.1 Å². The van der Waals surface area contributed by atoms with E-state index < -0.39 is 0 Å². The summed E-state index contributed by atoms with van der Waals surface area (Å²) in [6.07, 6.45) is 7.74. The van der Waals surface area contributed by atoms with Crippen LogP contribution in [0.15, 0.2) is 24.3 Å². The number of carbonyl (C=O) groups is 1. The number of nitrogens with zero attached hydrogens (tertiary/aromatic N) is 3. The molecule has 0 radical (unpaired) electrons. The smallest absolute Gasteiger partial charge is 0.411 e. The number of alkyl halides is 1. The molecule has 9 heteroatoms. The summed E-state index contributed by atoms with van der Waals surface area (Å²) in [6.45, 7) is 10.5. The normalized spacial score (nSPS) is 23.0. The van der Waals surface area contributed by atoms with E-state index >= 15 is 0 Å². The highest BCUT2D eigenvalue weighted by Crippen LogP contribution is 2.34. The molecule has 1 aromatic heterocycles. The Kier molecular flexibility index (Phi) is 9.40. The molecular formula is C33H41ClN4O4.